The van der Waals surface area contributed by atoms with Gasteiger partial charge in [0, 0.05) is 6.04 Å². The van der Waals surface area contributed by atoms with Crippen molar-refractivity contribution < 1.29 is 4.39 Å². The minimum absolute atomic E-state index is 0.146. The second kappa shape index (κ2) is 7.37. The molecule has 1 unspecified atom stereocenters. The highest BCUT2D eigenvalue weighted by molar-refractivity contribution is 5.67. The summed E-state index contributed by atoms with van der Waals surface area (Å²) in [7, 11) is 0. The number of hydrogen-bond acceptors (Lipinski definition) is 1. The Bertz CT molecular complexity index is 575. The maximum Gasteiger partial charge on any atom is 0.126 e. The molecule has 0 saturated carbocycles. The summed E-state index contributed by atoms with van der Waals surface area (Å²) in [5, 5.41) is 3.56. The Morgan fingerprint density at radius 3 is 2.38 bits per heavy atom. The molecule has 0 spiro atoms. The van der Waals surface area contributed by atoms with Gasteiger partial charge in [0.15, 0.2) is 0 Å². The molecule has 0 saturated heterocycles. The molecule has 2 rings (SSSR count). The molecule has 0 amide bonds. The smallest absolute Gasteiger partial charge is 0.126 e. The Kier molecular flexibility index (Phi) is 5.51. The fraction of sp³-hybridized carbons (Fsp3) is 0.368. The number of halogens is 1. The van der Waals surface area contributed by atoms with Crippen LogP contribution in [0.5, 0.6) is 0 Å². The third-order valence-electron chi connectivity index (χ3n) is 3.94. The van der Waals surface area contributed by atoms with Gasteiger partial charge >= 0.3 is 0 Å². The molecule has 0 aliphatic heterocycles. The quantitative estimate of drug-likeness (QED) is 0.764. The molecular weight excluding hydrogens is 261 g/mol. The van der Waals surface area contributed by atoms with Crippen molar-refractivity contribution in [3.63, 3.8) is 0 Å². The van der Waals surface area contributed by atoms with Gasteiger partial charge in [0.05, 0.1) is 0 Å². The van der Waals surface area contributed by atoms with E-state index >= 15 is 0 Å². The molecule has 2 aromatic carbocycles. The van der Waals surface area contributed by atoms with E-state index in [9.17, 15) is 4.39 Å². The van der Waals surface area contributed by atoms with Gasteiger partial charge in [-0.15, -0.1) is 0 Å². The van der Waals surface area contributed by atoms with Crippen LogP contribution < -0.4 is 5.32 Å². The molecule has 0 bridgehead atoms. The van der Waals surface area contributed by atoms with Gasteiger partial charge in [0.2, 0.25) is 0 Å². The zero-order valence-corrected chi connectivity index (χ0v) is 13.1. The molecule has 0 fully saturated rings. The zero-order chi connectivity index (χ0) is 15.2. The van der Waals surface area contributed by atoms with Crippen LogP contribution in [-0.2, 0) is 0 Å². The Hall–Kier alpha value is -1.67. The van der Waals surface area contributed by atoms with Crippen LogP contribution in [0.1, 0.15) is 43.9 Å². The molecular formula is C19H24FN. The second-order valence-electron chi connectivity index (χ2n) is 5.45. The van der Waals surface area contributed by atoms with Crippen molar-refractivity contribution in [1.82, 2.24) is 5.32 Å². The van der Waals surface area contributed by atoms with Crippen molar-refractivity contribution in [2.45, 2.75) is 39.7 Å². The monoisotopic (exact) mass is 285 g/mol. The average Bonchev–Trinajstić information content (AvgIpc) is 2.51. The van der Waals surface area contributed by atoms with Crippen LogP contribution in [-0.4, -0.2) is 6.54 Å². The lowest BCUT2D eigenvalue weighted by molar-refractivity contribution is 0.518. The standard InChI is InChI=1S/C19H24FN/c1-4-13-21-19(5-2)16-11-9-15(10-12-16)17-7-6-8-18(20)14(17)3/h6-12,19,21H,4-5,13H2,1-3H3. The van der Waals surface area contributed by atoms with Crippen molar-refractivity contribution in [2.24, 2.45) is 0 Å². The molecule has 1 nitrogen and oxygen atoms in total. The van der Waals surface area contributed by atoms with Crippen molar-refractivity contribution in [3.05, 3.63) is 59.4 Å². The van der Waals surface area contributed by atoms with Gasteiger partial charge < -0.3 is 5.32 Å². The zero-order valence-electron chi connectivity index (χ0n) is 13.1. The van der Waals surface area contributed by atoms with Gasteiger partial charge in [-0.3, -0.25) is 0 Å². The van der Waals surface area contributed by atoms with E-state index in [-0.39, 0.29) is 5.82 Å². The summed E-state index contributed by atoms with van der Waals surface area (Å²) < 4.78 is 13.7. The number of nitrogens with one attached hydrogen (secondary N) is 1. The van der Waals surface area contributed by atoms with Crippen molar-refractivity contribution >= 4 is 0 Å². The van der Waals surface area contributed by atoms with Crippen LogP contribution in [0.2, 0.25) is 0 Å². The van der Waals surface area contributed by atoms with Crippen molar-refractivity contribution in [3.8, 4) is 11.1 Å². The maximum absolute atomic E-state index is 13.7. The van der Waals surface area contributed by atoms with Crippen LogP contribution in [0, 0.1) is 12.7 Å². The first kappa shape index (κ1) is 15.7. The summed E-state index contributed by atoms with van der Waals surface area (Å²) in [6.45, 7) is 7.23. The largest absolute Gasteiger partial charge is 0.310 e. The normalized spacial score (nSPS) is 12.4. The molecule has 1 N–H and O–H groups in total. The molecule has 112 valence electrons. The molecule has 0 aliphatic carbocycles. The highest BCUT2D eigenvalue weighted by Gasteiger charge is 2.09. The third-order valence-corrected chi connectivity index (χ3v) is 3.94. The topological polar surface area (TPSA) is 12.0 Å². The summed E-state index contributed by atoms with van der Waals surface area (Å²) >= 11 is 0. The first-order valence-electron chi connectivity index (χ1n) is 7.76. The fourth-order valence-electron chi connectivity index (χ4n) is 2.63. The lowest BCUT2D eigenvalue weighted by Gasteiger charge is -2.17. The average molecular weight is 285 g/mol. The van der Waals surface area contributed by atoms with E-state index in [0.717, 1.165) is 30.5 Å². The third kappa shape index (κ3) is 3.70. The van der Waals surface area contributed by atoms with Gasteiger partial charge in [-0.1, -0.05) is 50.2 Å². The highest BCUT2D eigenvalue weighted by atomic mass is 19.1. The van der Waals surface area contributed by atoms with Crippen LogP contribution in [0.15, 0.2) is 42.5 Å². The number of benzene rings is 2. The molecule has 21 heavy (non-hydrogen) atoms. The summed E-state index contributed by atoms with van der Waals surface area (Å²) in [5.74, 6) is -0.146. The molecule has 0 aromatic heterocycles. The lowest BCUT2D eigenvalue weighted by atomic mass is 9.97. The van der Waals surface area contributed by atoms with Crippen LogP contribution in [0.25, 0.3) is 11.1 Å². The van der Waals surface area contributed by atoms with E-state index in [2.05, 4.69) is 43.4 Å². The van der Waals surface area contributed by atoms with Gasteiger partial charge in [-0.25, -0.2) is 4.39 Å². The predicted octanol–water partition coefficient (Wildman–Crippen LogP) is 5.25. The molecule has 0 radical (unpaired) electrons. The van der Waals surface area contributed by atoms with Gasteiger partial charge in [-0.05, 0) is 54.6 Å². The van der Waals surface area contributed by atoms with E-state index < -0.39 is 0 Å². The summed E-state index contributed by atoms with van der Waals surface area (Å²) in [6, 6.07) is 14.1. The molecule has 2 heteroatoms. The predicted molar refractivity (Wildman–Crippen MR) is 87.9 cm³/mol. The van der Waals surface area contributed by atoms with E-state index in [1.54, 1.807) is 6.07 Å². The van der Waals surface area contributed by atoms with E-state index in [0.29, 0.717) is 11.6 Å². The van der Waals surface area contributed by atoms with Crippen LogP contribution >= 0.6 is 0 Å². The minimum Gasteiger partial charge on any atom is -0.310 e. The number of hydrogen-bond donors (Lipinski definition) is 1. The molecule has 0 aliphatic rings. The van der Waals surface area contributed by atoms with Gasteiger partial charge in [0.25, 0.3) is 0 Å². The summed E-state index contributed by atoms with van der Waals surface area (Å²) in [4.78, 5) is 0. The van der Waals surface area contributed by atoms with Gasteiger partial charge in [-0.2, -0.15) is 0 Å². The fourth-order valence-corrected chi connectivity index (χ4v) is 2.63. The second-order valence-corrected chi connectivity index (χ2v) is 5.45. The Balaban J connectivity index is 2.24. The first-order chi connectivity index (χ1) is 10.2. The first-order valence-corrected chi connectivity index (χ1v) is 7.76. The van der Waals surface area contributed by atoms with E-state index in [1.807, 2.05) is 13.0 Å². The minimum atomic E-state index is -0.146. The molecule has 2 aromatic rings. The Labute approximate surface area is 127 Å². The van der Waals surface area contributed by atoms with E-state index in [1.165, 1.54) is 11.6 Å². The van der Waals surface area contributed by atoms with Crippen molar-refractivity contribution in [1.29, 1.82) is 0 Å². The van der Waals surface area contributed by atoms with Gasteiger partial charge in [0.1, 0.15) is 5.82 Å². The maximum atomic E-state index is 13.7. The highest BCUT2D eigenvalue weighted by Crippen LogP contribution is 2.27. The lowest BCUT2D eigenvalue weighted by Crippen LogP contribution is -2.21. The number of rotatable bonds is 6. The van der Waals surface area contributed by atoms with Crippen molar-refractivity contribution in [2.75, 3.05) is 6.54 Å². The Morgan fingerprint density at radius 1 is 1.05 bits per heavy atom. The molecule has 0 heterocycles. The van der Waals surface area contributed by atoms with Crippen LogP contribution in [0.3, 0.4) is 0 Å². The summed E-state index contributed by atoms with van der Waals surface area (Å²) in [6.07, 6.45) is 2.20. The molecule has 1 atom stereocenters. The van der Waals surface area contributed by atoms with E-state index in [4.69, 9.17) is 0 Å². The SMILES string of the molecule is CCCNC(CC)c1ccc(-c2cccc(F)c2C)cc1. The van der Waals surface area contributed by atoms with Crippen LogP contribution in [0.4, 0.5) is 4.39 Å². The summed E-state index contributed by atoms with van der Waals surface area (Å²) in [5.41, 5.74) is 4.04. The Morgan fingerprint density at radius 2 is 1.76 bits per heavy atom.